The van der Waals surface area contributed by atoms with Gasteiger partial charge in [-0.3, -0.25) is 4.98 Å². The van der Waals surface area contributed by atoms with Crippen LogP contribution in [0.15, 0.2) is 30.5 Å². The third-order valence-corrected chi connectivity index (χ3v) is 8.30. The quantitative estimate of drug-likeness (QED) is 0.358. The summed E-state index contributed by atoms with van der Waals surface area (Å²) in [4.78, 5) is 11.7. The number of aryl methyl sites for hydroxylation is 1. The van der Waals surface area contributed by atoms with Crippen molar-refractivity contribution in [1.82, 2.24) is 15.3 Å². The molecule has 7 nitrogen and oxygen atoms in total. The Morgan fingerprint density at radius 2 is 1.95 bits per heavy atom. The predicted molar refractivity (Wildman–Crippen MR) is 149 cm³/mol. The minimum Gasteiger partial charge on any atom is -0.508 e. The van der Waals surface area contributed by atoms with Crippen LogP contribution in [0.25, 0.3) is 32.8 Å². The molecule has 0 saturated carbocycles. The minimum atomic E-state index is -0.608. The van der Waals surface area contributed by atoms with Crippen LogP contribution in [0.5, 0.6) is 11.6 Å². The maximum atomic E-state index is 16.8. The number of ether oxygens (including phenoxy) is 2. The van der Waals surface area contributed by atoms with Crippen molar-refractivity contribution in [2.75, 3.05) is 31.2 Å². The average molecular weight is 543 g/mol. The van der Waals surface area contributed by atoms with Gasteiger partial charge in [0.1, 0.15) is 29.2 Å². The summed E-state index contributed by atoms with van der Waals surface area (Å²) >= 11 is 0. The standard InChI is InChI=1S/C31H28F2N4O3/c1-3-22-25(32)7-4-17-10-20(38)11-23(27(17)22)29-28(33)26-16(2)31(40-21-8-9-39-15-21)36-30(24(26)12-34-29)37-13-18-5-6-19(14-37)35-18/h1,4,7,10-12,18-19,21,35,38H,5-6,8-9,13-15H2,2H3/t18-,19+,21?. The molecule has 3 saturated heterocycles. The number of aromatic nitrogens is 2. The molecule has 0 amide bonds. The van der Waals surface area contributed by atoms with Crippen molar-refractivity contribution in [3.8, 4) is 35.2 Å². The van der Waals surface area contributed by atoms with E-state index >= 15 is 4.39 Å². The first kappa shape index (κ1) is 25.0. The highest BCUT2D eigenvalue weighted by molar-refractivity contribution is 6.04. The van der Waals surface area contributed by atoms with Crippen molar-refractivity contribution in [3.63, 3.8) is 0 Å². The smallest absolute Gasteiger partial charge is 0.219 e. The molecule has 3 aliphatic rings. The summed E-state index contributed by atoms with van der Waals surface area (Å²) in [5.41, 5.74) is 0.706. The summed E-state index contributed by atoms with van der Waals surface area (Å²) in [7, 11) is 0. The lowest BCUT2D eigenvalue weighted by Crippen LogP contribution is -2.51. The van der Waals surface area contributed by atoms with Crippen LogP contribution in [-0.4, -0.2) is 59.6 Å². The lowest BCUT2D eigenvalue weighted by molar-refractivity contribution is 0.137. The number of aromatic hydroxyl groups is 1. The number of nitrogens with one attached hydrogen (secondary N) is 1. The second-order valence-corrected chi connectivity index (χ2v) is 10.9. The van der Waals surface area contributed by atoms with Crippen LogP contribution in [0.1, 0.15) is 30.4 Å². The largest absolute Gasteiger partial charge is 0.508 e. The van der Waals surface area contributed by atoms with Crippen molar-refractivity contribution >= 4 is 27.4 Å². The van der Waals surface area contributed by atoms with E-state index in [1.54, 1.807) is 13.1 Å². The molecular formula is C31H28F2N4O3. The van der Waals surface area contributed by atoms with Crippen LogP contribution in [0, 0.1) is 30.9 Å². The van der Waals surface area contributed by atoms with Gasteiger partial charge in [0.15, 0.2) is 5.82 Å². The Hall–Kier alpha value is -4.00. The zero-order chi connectivity index (χ0) is 27.5. The van der Waals surface area contributed by atoms with Gasteiger partial charge in [-0.25, -0.2) is 8.78 Å². The van der Waals surface area contributed by atoms with Gasteiger partial charge >= 0.3 is 0 Å². The third-order valence-electron chi connectivity index (χ3n) is 8.30. The SMILES string of the molecule is C#Cc1c(F)ccc2cc(O)cc(-c3ncc4c(N5C[C@H]6CC[C@@H](C5)N6)nc(OC5CCOC5)c(C)c4c3F)c12. The summed E-state index contributed by atoms with van der Waals surface area (Å²) in [6.45, 7) is 4.34. The molecule has 5 heterocycles. The first-order valence-corrected chi connectivity index (χ1v) is 13.6. The molecule has 204 valence electrons. The Labute approximate surface area is 230 Å². The summed E-state index contributed by atoms with van der Waals surface area (Å²) in [6, 6.07) is 6.28. The normalized spacial score (nSPS) is 22.2. The third kappa shape index (κ3) is 4.02. The van der Waals surface area contributed by atoms with Gasteiger partial charge in [-0.05, 0) is 43.4 Å². The number of rotatable bonds is 4. The molecule has 7 rings (SSSR count). The lowest BCUT2D eigenvalue weighted by atomic mass is 9.95. The molecule has 2 N–H and O–H groups in total. The van der Waals surface area contributed by atoms with E-state index in [-0.39, 0.29) is 28.7 Å². The first-order valence-electron chi connectivity index (χ1n) is 13.6. The van der Waals surface area contributed by atoms with Crippen LogP contribution in [0.3, 0.4) is 0 Å². The van der Waals surface area contributed by atoms with E-state index in [1.807, 2.05) is 0 Å². The highest BCUT2D eigenvalue weighted by Crippen LogP contribution is 2.42. The minimum absolute atomic E-state index is 0.0116. The van der Waals surface area contributed by atoms with Crippen molar-refractivity contribution < 1.29 is 23.4 Å². The van der Waals surface area contributed by atoms with Gasteiger partial charge in [0, 0.05) is 65.1 Å². The van der Waals surface area contributed by atoms with E-state index in [0.29, 0.717) is 64.1 Å². The van der Waals surface area contributed by atoms with Crippen LogP contribution < -0.4 is 15.0 Å². The Morgan fingerprint density at radius 3 is 2.67 bits per heavy atom. The van der Waals surface area contributed by atoms with E-state index in [0.717, 1.165) is 32.4 Å². The topological polar surface area (TPSA) is 79.7 Å². The Kier molecular flexibility index (Phi) is 5.99. The maximum absolute atomic E-state index is 16.8. The summed E-state index contributed by atoms with van der Waals surface area (Å²) in [6.07, 6.45) is 10.0. The average Bonchev–Trinajstić information content (AvgIpc) is 3.58. The Balaban J connectivity index is 1.47. The van der Waals surface area contributed by atoms with Gasteiger partial charge in [-0.15, -0.1) is 6.42 Å². The number of hydrogen-bond donors (Lipinski definition) is 2. The molecular weight excluding hydrogens is 514 g/mol. The number of hydrogen-bond acceptors (Lipinski definition) is 7. The molecule has 3 atom stereocenters. The fourth-order valence-electron chi connectivity index (χ4n) is 6.40. The number of anilines is 1. The Morgan fingerprint density at radius 1 is 1.15 bits per heavy atom. The van der Waals surface area contributed by atoms with Crippen LogP contribution >= 0.6 is 0 Å². The molecule has 3 aliphatic heterocycles. The van der Waals surface area contributed by atoms with Gasteiger partial charge in [0.05, 0.1) is 18.8 Å². The van der Waals surface area contributed by atoms with Crippen LogP contribution in [0.2, 0.25) is 0 Å². The molecule has 4 aromatic rings. The van der Waals surface area contributed by atoms with E-state index in [9.17, 15) is 9.50 Å². The number of benzene rings is 2. The molecule has 0 radical (unpaired) electrons. The van der Waals surface area contributed by atoms with Gasteiger partial charge in [0.2, 0.25) is 5.88 Å². The molecule has 2 bridgehead atoms. The zero-order valence-corrected chi connectivity index (χ0v) is 22.0. The molecule has 1 unspecified atom stereocenters. The fourth-order valence-corrected chi connectivity index (χ4v) is 6.40. The lowest BCUT2D eigenvalue weighted by Gasteiger charge is -2.34. The molecule has 3 fully saturated rings. The summed E-state index contributed by atoms with van der Waals surface area (Å²) in [5.74, 6) is 2.06. The second kappa shape index (κ2) is 9.58. The van der Waals surface area contributed by atoms with Gasteiger partial charge in [0.25, 0.3) is 0 Å². The van der Waals surface area contributed by atoms with Crippen LogP contribution in [-0.2, 0) is 4.74 Å². The molecule has 2 aromatic heterocycles. The summed E-state index contributed by atoms with van der Waals surface area (Å²) < 4.78 is 43.3. The highest BCUT2D eigenvalue weighted by Gasteiger charge is 2.35. The number of halogens is 2. The second-order valence-electron chi connectivity index (χ2n) is 10.9. The first-order chi connectivity index (χ1) is 19.4. The molecule has 40 heavy (non-hydrogen) atoms. The van der Waals surface area contributed by atoms with E-state index in [2.05, 4.69) is 21.1 Å². The number of pyridine rings is 2. The molecule has 9 heteroatoms. The predicted octanol–water partition coefficient (Wildman–Crippen LogP) is 4.83. The van der Waals surface area contributed by atoms with E-state index < -0.39 is 11.6 Å². The van der Waals surface area contributed by atoms with Crippen molar-refractivity contribution in [1.29, 1.82) is 0 Å². The van der Waals surface area contributed by atoms with Crippen molar-refractivity contribution in [2.24, 2.45) is 0 Å². The molecule has 0 spiro atoms. The van der Waals surface area contributed by atoms with Gasteiger partial charge in [-0.2, -0.15) is 4.98 Å². The monoisotopic (exact) mass is 542 g/mol. The van der Waals surface area contributed by atoms with E-state index in [4.69, 9.17) is 20.9 Å². The number of fused-ring (bicyclic) bond motifs is 4. The fraction of sp³-hybridized carbons (Fsp3) is 0.355. The van der Waals surface area contributed by atoms with Crippen LogP contribution in [0.4, 0.5) is 14.6 Å². The number of nitrogens with zero attached hydrogens (tertiary/aromatic N) is 3. The number of phenols is 1. The number of terminal acetylenes is 1. The Bertz CT molecular complexity index is 1700. The maximum Gasteiger partial charge on any atom is 0.219 e. The summed E-state index contributed by atoms with van der Waals surface area (Å²) in [5, 5.41) is 15.8. The number of phenolic OH excluding ortho intramolecular Hbond substituents is 1. The van der Waals surface area contributed by atoms with Gasteiger partial charge < -0.3 is 24.8 Å². The van der Waals surface area contributed by atoms with Crippen molar-refractivity contribution in [2.45, 2.75) is 44.4 Å². The highest BCUT2D eigenvalue weighted by atomic mass is 19.1. The van der Waals surface area contributed by atoms with Crippen molar-refractivity contribution in [3.05, 3.63) is 53.2 Å². The molecule has 0 aliphatic carbocycles. The van der Waals surface area contributed by atoms with Gasteiger partial charge in [-0.1, -0.05) is 12.0 Å². The zero-order valence-electron chi connectivity index (χ0n) is 22.0. The molecule has 2 aromatic carbocycles. The van der Waals surface area contributed by atoms with E-state index in [1.165, 1.54) is 24.3 Å². The number of piperazine rings is 1.